The second-order valence-corrected chi connectivity index (χ2v) is 6.10. The summed E-state index contributed by atoms with van der Waals surface area (Å²) in [5.41, 5.74) is 1.03. The van der Waals surface area contributed by atoms with E-state index < -0.39 is 0 Å². The fourth-order valence-corrected chi connectivity index (χ4v) is 2.70. The zero-order valence-electron chi connectivity index (χ0n) is 11.6. The Morgan fingerprint density at radius 2 is 1.76 bits per heavy atom. The van der Waals surface area contributed by atoms with Crippen LogP contribution in [0.3, 0.4) is 0 Å². The molecule has 0 heterocycles. The number of carbonyl (C=O) groups is 1. The highest BCUT2D eigenvalue weighted by atomic mass is 35.5. The van der Waals surface area contributed by atoms with E-state index in [2.05, 4.69) is 0 Å². The summed E-state index contributed by atoms with van der Waals surface area (Å²) in [5, 5.41) is 0.680. The van der Waals surface area contributed by atoms with E-state index in [9.17, 15) is 9.18 Å². The van der Waals surface area contributed by atoms with Crippen LogP contribution >= 0.6 is 23.4 Å². The van der Waals surface area contributed by atoms with Gasteiger partial charge < -0.3 is 4.90 Å². The molecule has 0 aromatic heterocycles. The van der Waals surface area contributed by atoms with E-state index in [1.807, 2.05) is 24.3 Å². The number of halogens is 2. The van der Waals surface area contributed by atoms with Gasteiger partial charge in [-0.1, -0.05) is 23.7 Å². The number of nitrogens with zero attached hydrogens (tertiary/aromatic N) is 1. The van der Waals surface area contributed by atoms with Crippen LogP contribution in [-0.2, 0) is 11.3 Å². The lowest BCUT2D eigenvalue weighted by Gasteiger charge is -2.17. The van der Waals surface area contributed by atoms with E-state index in [-0.39, 0.29) is 11.7 Å². The summed E-state index contributed by atoms with van der Waals surface area (Å²) in [6.07, 6.45) is 0. The molecule has 0 atom stereocenters. The topological polar surface area (TPSA) is 20.3 Å². The molecule has 0 fully saturated rings. The van der Waals surface area contributed by atoms with Gasteiger partial charge in [-0.2, -0.15) is 0 Å². The molecule has 2 aromatic carbocycles. The first-order valence-electron chi connectivity index (χ1n) is 6.41. The summed E-state index contributed by atoms with van der Waals surface area (Å²) in [7, 11) is 1.77. The second-order valence-electron chi connectivity index (χ2n) is 4.62. The van der Waals surface area contributed by atoms with Gasteiger partial charge in [-0.05, 0) is 42.0 Å². The number of carbonyl (C=O) groups excluding carboxylic acids is 1. The summed E-state index contributed by atoms with van der Waals surface area (Å²) in [5.74, 6) is 0.0835. The average Bonchev–Trinajstić information content (AvgIpc) is 2.48. The normalized spacial score (nSPS) is 10.4. The first kappa shape index (κ1) is 15.9. The summed E-state index contributed by atoms with van der Waals surface area (Å²) >= 11 is 7.23. The van der Waals surface area contributed by atoms with E-state index in [0.29, 0.717) is 17.3 Å². The predicted molar refractivity (Wildman–Crippen MR) is 85.1 cm³/mol. The molecule has 0 radical (unpaired) electrons. The Balaban J connectivity index is 1.84. The van der Waals surface area contributed by atoms with Crippen LogP contribution in [-0.4, -0.2) is 23.6 Å². The summed E-state index contributed by atoms with van der Waals surface area (Å²) < 4.78 is 12.8. The van der Waals surface area contributed by atoms with Crippen molar-refractivity contribution in [3.05, 3.63) is 64.9 Å². The van der Waals surface area contributed by atoms with Gasteiger partial charge >= 0.3 is 0 Å². The summed E-state index contributed by atoms with van der Waals surface area (Å²) in [6.45, 7) is 0.542. The van der Waals surface area contributed by atoms with Crippen LogP contribution in [0, 0.1) is 5.82 Å². The van der Waals surface area contributed by atoms with Crippen molar-refractivity contribution in [2.45, 2.75) is 11.4 Å². The number of rotatable bonds is 5. The molecular formula is C16H15ClFNOS. The molecule has 0 bridgehead atoms. The summed E-state index contributed by atoms with van der Waals surface area (Å²) in [4.78, 5) is 14.6. The van der Waals surface area contributed by atoms with Gasteiger partial charge in [0.05, 0.1) is 5.75 Å². The quantitative estimate of drug-likeness (QED) is 0.767. The Kier molecular flexibility index (Phi) is 5.65. The van der Waals surface area contributed by atoms with Gasteiger partial charge in [0.25, 0.3) is 0 Å². The van der Waals surface area contributed by atoms with Gasteiger partial charge in [0.15, 0.2) is 0 Å². The standard InChI is InChI=1S/C16H15ClFNOS/c1-19(10-12-2-4-13(17)5-3-12)16(20)11-21-15-8-6-14(18)7-9-15/h2-9H,10-11H2,1H3. The largest absolute Gasteiger partial charge is 0.341 e. The average molecular weight is 324 g/mol. The lowest BCUT2D eigenvalue weighted by molar-refractivity contribution is -0.127. The number of amides is 1. The van der Waals surface area contributed by atoms with Crippen molar-refractivity contribution in [3.63, 3.8) is 0 Å². The number of benzene rings is 2. The molecule has 0 unspecified atom stereocenters. The van der Waals surface area contributed by atoms with Crippen LogP contribution in [0.5, 0.6) is 0 Å². The highest BCUT2D eigenvalue weighted by Gasteiger charge is 2.10. The fraction of sp³-hybridized carbons (Fsp3) is 0.188. The molecule has 0 aliphatic heterocycles. The van der Waals surface area contributed by atoms with Crippen LogP contribution in [0.2, 0.25) is 5.02 Å². The minimum absolute atomic E-state index is 0.0271. The highest BCUT2D eigenvalue weighted by Crippen LogP contribution is 2.19. The van der Waals surface area contributed by atoms with Crippen molar-refractivity contribution in [1.82, 2.24) is 4.90 Å². The molecule has 110 valence electrons. The molecule has 1 amide bonds. The predicted octanol–water partition coefficient (Wildman–Crippen LogP) is 4.23. The Labute approximate surface area is 132 Å². The van der Waals surface area contributed by atoms with Gasteiger partial charge in [-0.15, -0.1) is 11.8 Å². The van der Waals surface area contributed by atoms with Gasteiger partial charge in [0.1, 0.15) is 5.82 Å². The first-order chi connectivity index (χ1) is 10.0. The van der Waals surface area contributed by atoms with Crippen LogP contribution in [0.25, 0.3) is 0 Å². The SMILES string of the molecule is CN(Cc1ccc(Cl)cc1)C(=O)CSc1ccc(F)cc1. The molecular weight excluding hydrogens is 309 g/mol. The van der Waals surface area contributed by atoms with E-state index >= 15 is 0 Å². The lowest BCUT2D eigenvalue weighted by atomic mass is 10.2. The van der Waals surface area contributed by atoms with Gasteiger partial charge in [0, 0.05) is 23.5 Å². The zero-order valence-corrected chi connectivity index (χ0v) is 13.1. The minimum atomic E-state index is -0.273. The Morgan fingerprint density at radius 1 is 1.14 bits per heavy atom. The molecule has 2 rings (SSSR count). The van der Waals surface area contributed by atoms with Crippen LogP contribution in [0.1, 0.15) is 5.56 Å². The van der Waals surface area contributed by atoms with Crippen LogP contribution in [0.15, 0.2) is 53.4 Å². The smallest absolute Gasteiger partial charge is 0.232 e. The van der Waals surface area contributed by atoms with Crippen molar-refractivity contribution >= 4 is 29.3 Å². The van der Waals surface area contributed by atoms with Crippen molar-refractivity contribution < 1.29 is 9.18 Å². The van der Waals surface area contributed by atoms with Crippen molar-refractivity contribution in [2.24, 2.45) is 0 Å². The van der Waals surface area contributed by atoms with E-state index in [1.54, 1.807) is 24.1 Å². The molecule has 0 spiro atoms. The van der Waals surface area contributed by atoms with E-state index in [1.165, 1.54) is 23.9 Å². The number of hydrogen-bond acceptors (Lipinski definition) is 2. The highest BCUT2D eigenvalue weighted by molar-refractivity contribution is 8.00. The Hall–Kier alpha value is -1.52. The summed E-state index contributed by atoms with van der Waals surface area (Å²) in [6, 6.07) is 13.6. The monoisotopic (exact) mass is 323 g/mol. The minimum Gasteiger partial charge on any atom is -0.341 e. The van der Waals surface area contributed by atoms with E-state index in [0.717, 1.165) is 10.5 Å². The third-order valence-electron chi connectivity index (χ3n) is 2.93. The lowest BCUT2D eigenvalue weighted by Crippen LogP contribution is -2.27. The molecule has 21 heavy (non-hydrogen) atoms. The second kappa shape index (κ2) is 7.48. The molecule has 2 nitrogen and oxygen atoms in total. The maximum Gasteiger partial charge on any atom is 0.232 e. The van der Waals surface area contributed by atoms with Crippen LogP contribution < -0.4 is 0 Å². The first-order valence-corrected chi connectivity index (χ1v) is 7.78. The van der Waals surface area contributed by atoms with Crippen molar-refractivity contribution in [3.8, 4) is 0 Å². The molecule has 2 aromatic rings. The molecule has 0 N–H and O–H groups in total. The van der Waals surface area contributed by atoms with E-state index in [4.69, 9.17) is 11.6 Å². The van der Waals surface area contributed by atoms with Gasteiger partial charge in [-0.3, -0.25) is 4.79 Å². The number of hydrogen-bond donors (Lipinski definition) is 0. The Bertz CT molecular complexity index is 601. The third kappa shape index (κ3) is 5.06. The van der Waals surface area contributed by atoms with Gasteiger partial charge in [-0.25, -0.2) is 4.39 Å². The maximum atomic E-state index is 12.8. The van der Waals surface area contributed by atoms with Crippen LogP contribution in [0.4, 0.5) is 4.39 Å². The third-order valence-corrected chi connectivity index (χ3v) is 4.18. The fourth-order valence-electron chi connectivity index (χ4n) is 1.74. The van der Waals surface area contributed by atoms with Gasteiger partial charge in [0.2, 0.25) is 5.91 Å². The molecule has 0 saturated heterocycles. The molecule has 5 heteroatoms. The molecule has 0 aliphatic rings. The van der Waals surface area contributed by atoms with Crippen molar-refractivity contribution in [2.75, 3.05) is 12.8 Å². The molecule has 0 saturated carbocycles. The Morgan fingerprint density at radius 3 is 2.38 bits per heavy atom. The van der Waals surface area contributed by atoms with Crippen molar-refractivity contribution in [1.29, 1.82) is 0 Å². The maximum absolute atomic E-state index is 12.8. The zero-order chi connectivity index (χ0) is 15.2. The number of thioether (sulfide) groups is 1. The molecule has 0 aliphatic carbocycles.